The number of halogens is 1. The Kier molecular flexibility index (Phi) is 8.70. The van der Waals surface area contributed by atoms with Gasteiger partial charge in [0, 0.05) is 41.8 Å². The number of aromatic carboxylic acids is 1. The molecule has 0 radical (unpaired) electrons. The fraction of sp³-hybridized carbons (Fsp3) is 0.444. The fourth-order valence-corrected chi connectivity index (χ4v) is 5.42. The van der Waals surface area contributed by atoms with Crippen LogP contribution in [0.3, 0.4) is 0 Å². The molecule has 35 heavy (non-hydrogen) atoms. The first-order valence-corrected chi connectivity index (χ1v) is 12.9. The quantitative estimate of drug-likeness (QED) is 0.325. The standard InChI is InChI=1S/C27H33BrN2O5/c1-3-34-15-14-30-18-23(21-5-4-6-24(28)26(21)30)19-9-11-29(12-10-19)13-16-35-25-17-20(33-2)7-8-22(25)27(31)32/h4-8,17-19H,3,9-16H2,1-2H3,(H,31,32). The van der Waals surface area contributed by atoms with Gasteiger partial charge in [0.1, 0.15) is 23.7 Å². The molecule has 1 aliphatic heterocycles. The van der Waals surface area contributed by atoms with Crippen LogP contribution in [0.25, 0.3) is 10.9 Å². The first-order chi connectivity index (χ1) is 17.0. The lowest BCUT2D eigenvalue weighted by Gasteiger charge is -2.31. The minimum Gasteiger partial charge on any atom is -0.497 e. The molecule has 1 fully saturated rings. The van der Waals surface area contributed by atoms with Gasteiger partial charge >= 0.3 is 5.97 Å². The molecule has 0 atom stereocenters. The van der Waals surface area contributed by atoms with Gasteiger partial charge in [0.15, 0.2) is 0 Å². The van der Waals surface area contributed by atoms with Gasteiger partial charge in [-0.2, -0.15) is 0 Å². The van der Waals surface area contributed by atoms with Gasteiger partial charge in [-0.1, -0.05) is 12.1 Å². The lowest BCUT2D eigenvalue weighted by molar-refractivity contribution is 0.0691. The van der Waals surface area contributed by atoms with Gasteiger partial charge in [0.05, 0.1) is 19.2 Å². The number of hydrogen-bond acceptors (Lipinski definition) is 5. The highest BCUT2D eigenvalue weighted by Gasteiger charge is 2.24. The number of methoxy groups -OCH3 is 1. The van der Waals surface area contributed by atoms with E-state index in [0.29, 0.717) is 30.6 Å². The molecule has 4 rings (SSSR count). The van der Waals surface area contributed by atoms with Crippen molar-refractivity contribution in [3.8, 4) is 11.5 Å². The van der Waals surface area contributed by atoms with E-state index in [1.54, 1.807) is 19.2 Å². The van der Waals surface area contributed by atoms with Gasteiger partial charge in [0.25, 0.3) is 0 Å². The minimum absolute atomic E-state index is 0.149. The molecule has 0 aliphatic carbocycles. The van der Waals surface area contributed by atoms with Crippen molar-refractivity contribution in [1.82, 2.24) is 9.47 Å². The Labute approximate surface area is 214 Å². The van der Waals surface area contributed by atoms with Gasteiger partial charge in [-0.05, 0) is 78.5 Å². The van der Waals surface area contributed by atoms with E-state index in [4.69, 9.17) is 14.2 Å². The molecule has 1 aromatic heterocycles. The normalized spacial score (nSPS) is 14.9. The zero-order valence-electron chi connectivity index (χ0n) is 20.3. The van der Waals surface area contributed by atoms with Crippen LogP contribution in [0.2, 0.25) is 0 Å². The molecule has 188 valence electrons. The molecule has 2 heterocycles. The largest absolute Gasteiger partial charge is 0.497 e. The highest BCUT2D eigenvalue weighted by Crippen LogP contribution is 2.37. The van der Waals surface area contributed by atoms with Crippen LogP contribution in [0.4, 0.5) is 0 Å². The van der Waals surface area contributed by atoms with Crippen LogP contribution in [0, 0.1) is 0 Å². The van der Waals surface area contributed by atoms with Gasteiger partial charge < -0.3 is 23.9 Å². The number of aromatic nitrogens is 1. The molecule has 8 heteroatoms. The fourth-order valence-electron chi connectivity index (χ4n) is 4.83. The Morgan fingerprint density at radius 2 is 1.94 bits per heavy atom. The van der Waals surface area contributed by atoms with Crippen LogP contribution in [-0.2, 0) is 11.3 Å². The minimum atomic E-state index is -1.00. The number of ether oxygens (including phenoxy) is 3. The number of carbonyl (C=O) groups is 1. The highest BCUT2D eigenvalue weighted by atomic mass is 79.9. The molecule has 0 spiro atoms. The van der Waals surface area contributed by atoms with Crippen LogP contribution in [-0.4, -0.2) is 67.1 Å². The summed E-state index contributed by atoms with van der Waals surface area (Å²) in [7, 11) is 1.55. The van der Waals surface area contributed by atoms with E-state index in [0.717, 1.165) is 50.1 Å². The van der Waals surface area contributed by atoms with Crippen LogP contribution < -0.4 is 9.47 Å². The second kappa shape index (κ2) is 11.9. The smallest absolute Gasteiger partial charge is 0.339 e. The zero-order chi connectivity index (χ0) is 24.8. The molecular weight excluding hydrogens is 512 g/mol. The molecule has 2 aromatic carbocycles. The van der Waals surface area contributed by atoms with E-state index in [1.807, 2.05) is 6.92 Å². The third-order valence-corrected chi connectivity index (χ3v) is 7.31. The molecule has 0 unspecified atom stereocenters. The molecule has 0 amide bonds. The van der Waals surface area contributed by atoms with Crippen LogP contribution in [0.1, 0.15) is 41.6 Å². The summed E-state index contributed by atoms with van der Waals surface area (Å²) < 4.78 is 20.1. The van der Waals surface area contributed by atoms with Crippen molar-refractivity contribution in [2.75, 3.05) is 46.6 Å². The maximum atomic E-state index is 11.5. The topological polar surface area (TPSA) is 73.2 Å². The number of fused-ring (bicyclic) bond motifs is 1. The number of nitrogens with zero attached hydrogens (tertiary/aromatic N) is 2. The molecule has 0 saturated carbocycles. The van der Waals surface area contributed by atoms with Crippen molar-refractivity contribution in [2.45, 2.75) is 32.2 Å². The summed E-state index contributed by atoms with van der Waals surface area (Å²) in [5, 5.41) is 10.7. The van der Waals surface area contributed by atoms with E-state index in [2.05, 4.69) is 49.8 Å². The van der Waals surface area contributed by atoms with Crippen LogP contribution in [0.15, 0.2) is 47.1 Å². The lowest BCUT2D eigenvalue weighted by Crippen LogP contribution is -2.35. The van der Waals surface area contributed by atoms with Gasteiger partial charge in [-0.15, -0.1) is 0 Å². The average molecular weight is 545 g/mol. The van der Waals surface area contributed by atoms with Crippen LogP contribution >= 0.6 is 15.9 Å². The summed E-state index contributed by atoms with van der Waals surface area (Å²) in [5.74, 6) is 0.430. The van der Waals surface area contributed by atoms with Gasteiger partial charge in [-0.25, -0.2) is 4.79 Å². The summed E-state index contributed by atoms with van der Waals surface area (Å²) in [6.45, 7) is 7.45. The summed E-state index contributed by atoms with van der Waals surface area (Å²) in [4.78, 5) is 13.9. The van der Waals surface area contributed by atoms with Crippen LogP contribution in [0.5, 0.6) is 11.5 Å². The lowest BCUT2D eigenvalue weighted by atomic mass is 9.89. The number of rotatable bonds is 11. The van der Waals surface area contributed by atoms with E-state index in [9.17, 15) is 9.90 Å². The number of benzene rings is 2. The first-order valence-electron chi connectivity index (χ1n) is 12.1. The number of carboxylic acids is 1. The summed E-state index contributed by atoms with van der Waals surface area (Å²) in [6.07, 6.45) is 4.47. The second-order valence-corrected chi connectivity index (χ2v) is 9.60. The van der Waals surface area contributed by atoms with E-state index in [1.165, 1.54) is 22.5 Å². The first kappa shape index (κ1) is 25.5. The number of para-hydroxylation sites is 1. The monoisotopic (exact) mass is 544 g/mol. The molecule has 1 N–H and O–H groups in total. The Balaban J connectivity index is 1.37. The third kappa shape index (κ3) is 6.00. The number of piperidine rings is 1. The maximum Gasteiger partial charge on any atom is 0.339 e. The average Bonchev–Trinajstić information content (AvgIpc) is 3.24. The van der Waals surface area contributed by atoms with Crippen molar-refractivity contribution in [3.05, 3.63) is 58.2 Å². The van der Waals surface area contributed by atoms with Crippen molar-refractivity contribution >= 4 is 32.8 Å². The van der Waals surface area contributed by atoms with Gasteiger partial charge in [-0.3, -0.25) is 4.90 Å². The summed E-state index contributed by atoms with van der Waals surface area (Å²) in [6, 6.07) is 11.2. The predicted molar refractivity (Wildman–Crippen MR) is 140 cm³/mol. The highest BCUT2D eigenvalue weighted by molar-refractivity contribution is 9.10. The maximum absolute atomic E-state index is 11.5. The van der Waals surface area contributed by atoms with E-state index < -0.39 is 5.97 Å². The second-order valence-electron chi connectivity index (χ2n) is 8.74. The van der Waals surface area contributed by atoms with Crippen molar-refractivity contribution < 1.29 is 24.1 Å². The van der Waals surface area contributed by atoms with Crippen molar-refractivity contribution in [1.29, 1.82) is 0 Å². The van der Waals surface area contributed by atoms with Crippen molar-refractivity contribution in [2.24, 2.45) is 0 Å². The SMILES string of the molecule is CCOCCn1cc(C2CCN(CCOc3cc(OC)ccc3C(=O)O)CC2)c2cccc(Br)c21. The molecule has 1 aliphatic rings. The van der Waals surface area contributed by atoms with E-state index >= 15 is 0 Å². The molecular formula is C27H33BrN2O5. The Bertz CT molecular complexity index is 1150. The molecule has 7 nitrogen and oxygen atoms in total. The summed E-state index contributed by atoms with van der Waals surface area (Å²) in [5.41, 5.74) is 2.80. The predicted octanol–water partition coefficient (Wildman–Crippen LogP) is 5.41. The van der Waals surface area contributed by atoms with E-state index in [-0.39, 0.29) is 5.56 Å². The number of likely N-dealkylation sites (tertiary alicyclic amines) is 1. The Morgan fingerprint density at radius 3 is 2.66 bits per heavy atom. The van der Waals surface area contributed by atoms with Gasteiger partial charge in [0.2, 0.25) is 0 Å². The number of hydrogen-bond donors (Lipinski definition) is 1. The third-order valence-electron chi connectivity index (χ3n) is 6.67. The molecule has 1 saturated heterocycles. The summed E-state index contributed by atoms with van der Waals surface area (Å²) >= 11 is 3.75. The van der Waals surface area contributed by atoms with Crippen molar-refractivity contribution in [3.63, 3.8) is 0 Å². The molecule has 3 aromatic rings. The Morgan fingerprint density at radius 1 is 1.14 bits per heavy atom. The number of carboxylic acid groups (broad SMARTS) is 1. The zero-order valence-corrected chi connectivity index (χ0v) is 21.9. The molecule has 0 bridgehead atoms. The Hall–Kier alpha value is -2.55.